The molecule has 1 aromatic heterocycles. The Morgan fingerprint density at radius 1 is 1.09 bits per heavy atom. The number of pyridine rings is 1. The minimum Gasteiger partial charge on any atom is -0.329 e. The number of carbonyl (C=O) groups is 1. The molecular weight excluding hydrogens is 284 g/mol. The molecule has 0 spiro atoms. The summed E-state index contributed by atoms with van der Waals surface area (Å²) in [5, 5.41) is 2.18. The van der Waals surface area contributed by atoms with Gasteiger partial charge in [-0.25, -0.2) is 0 Å². The number of aromatic nitrogens is 1. The van der Waals surface area contributed by atoms with Crippen LogP contribution >= 0.6 is 0 Å². The molecule has 3 nitrogen and oxygen atoms in total. The number of aryl methyl sites for hydroxylation is 1. The van der Waals surface area contributed by atoms with E-state index in [2.05, 4.69) is 11.1 Å². The summed E-state index contributed by atoms with van der Waals surface area (Å²) in [6, 6.07) is 16.1. The van der Waals surface area contributed by atoms with Gasteiger partial charge in [0.05, 0.1) is 5.92 Å². The van der Waals surface area contributed by atoms with Gasteiger partial charge in [-0.05, 0) is 29.5 Å². The Balaban J connectivity index is 1.81. The lowest BCUT2D eigenvalue weighted by Gasteiger charge is -2.14. The first-order chi connectivity index (χ1) is 11.2. The van der Waals surface area contributed by atoms with Crippen LogP contribution in [0.1, 0.15) is 22.6 Å². The number of benzene rings is 2. The normalized spacial score (nSPS) is 12.3. The Labute approximate surface area is 136 Å². The quantitative estimate of drug-likeness (QED) is 0.786. The van der Waals surface area contributed by atoms with E-state index in [0.29, 0.717) is 13.0 Å². The number of hydrogen-bond acceptors (Lipinski definition) is 3. The number of carbonyl (C=O) groups excluding carboxylic acids is 1. The fourth-order valence-electron chi connectivity index (χ4n) is 2.82. The van der Waals surface area contributed by atoms with E-state index >= 15 is 0 Å². The summed E-state index contributed by atoms with van der Waals surface area (Å²) in [6.07, 6.45) is 3.99. The molecule has 3 heteroatoms. The maximum atomic E-state index is 12.7. The zero-order chi connectivity index (χ0) is 16.2. The maximum absolute atomic E-state index is 12.7. The highest BCUT2D eigenvalue weighted by molar-refractivity contribution is 5.89. The smallest absolute Gasteiger partial charge is 0.145 e. The van der Waals surface area contributed by atoms with Crippen LogP contribution in [-0.2, 0) is 11.2 Å². The third-order valence-corrected chi connectivity index (χ3v) is 4.19. The van der Waals surface area contributed by atoms with Crippen molar-refractivity contribution in [2.75, 3.05) is 6.54 Å². The van der Waals surface area contributed by atoms with E-state index in [4.69, 9.17) is 5.73 Å². The van der Waals surface area contributed by atoms with Crippen LogP contribution in [-0.4, -0.2) is 17.3 Å². The van der Waals surface area contributed by atoms with E-state index < -0.39 is 0 Å². The summed E-state index contributed by atoms with van der Waals surface area (Å²) in [4.78, 5) is 16.8. The SMILES string of the molecule is Cc1ccc(C(CN)C(=O)Cc2ccc3cnccc3c2)cc1. The van der Waals surface area contributed by atoms with Gasteiger partial charge in [-0.15, -0.1) is 0 Å². The van der Waals surface area contributed by atoms with Crippen LogP contribution in [0.4, 0.5) is 0 Å². The van der Waals surface area contributed by atoms with Gasteiger partial charge >= 0.3 is 0 Å². The van der Waals surface area contributed by atoms with Crippen molar-refractivity contribution in [3.05, 3.63) is 77.6 Å². The van der Waals surface area contributed by atoms with E-state index in [1.54, 1.807) is 6.20 Å². The number of fused-ring (bicyclic) bond motifs is 1. The zero-order valence-electron chi connectivity index (χ0n) is 13.2. The molecule has 0 amide bonds. The van der Waals surface area contributed by atoms with E-state index in [1.165, 1.54) is 5.56 Å². The van der Waals surface area contributed by atoms with Crippen LogP contribution in [0, 0.1) is 6.92 Å². The van der Waals surface area contributed by atoms with Gasteiger partial charge in [-0.2, -0.15) is 0 Å². The van der Waals surface area contributed by atoms with Crippen molar-refractivity contribution in [3.8, 4) is 0 Å². The lowest BCUT2D eigenvalue weighted by atomic mass is 9.90. The highest BCUT2D eigenvalue weighted by atomic mass is 16.1. The van der Waals surface area contributed by atoms with Crippen molar-refractivity contribution in [2.45, 2.75) is 19.3 Å². The second-order valence-corrected chi connectivity index (χ2v) is 5.90. The maximum Gasteiger partial charge on any atom is 0.145 e. The van der Waals surface area contributed by atoms with E-state index in [1.807, 2.05) is 55.6 Å². The van der Waals surface area contributed by atoms with Crippen molar-refractivity contribution in [1.29, 1.82) is 0 Å². The number of nitrogens with zero attached hydrogens (tertiary/aromatic N) is 1. The monoisotopic (exact) mass is 304 g/mol. The number of ketones is 1. The third-order valence-electron chi connectivity index (χ3n) is 4.19. The standard InChI is InChI=1S/C20H20N2O/c1-14-2-5-16(6-3-14)19(12-21)20(23)11-15-4-7-18-13-22-9-8-17(18)10-15/h2-10,13,19H,11-12,21H2,1H3. The summed E-state index contributed by atoms with van der Waals surface area (Å²) >= 11 is 0. The molecule has 0 aliphatic rings. The molecule has 1 unspecified atom stereocenters. The van der Waals surface area contributed by atoms with Crippen LogP contribution in [0.3, 0.4) is 0 Å². The van der Waals surface area contributed by atoms with Gasteiger partial charge in [0.25, 0.3) is 0 Å². The molecule has 0 aliphatic carbocycles. The molecule has 2 aromatic carbocycles. The van der Waals surface area contributed by atoms with Crippen molar-refractivity contribution in [1.82, 2.24) is 4.98 Å². The zero-order valence-corrected chi connectivity index (χ0v) is 13.2. The molecule has 2 N–H and O–H groups in total. The lowest BCUT2D eigenvalue weighted by Crippen LogP contribution is -2.23. The number of rotatable bonds is 5. The first-order valence-electron chi connectivity index (χ1n) is 7.79. The molecular formula is C20H20N2O. The molecule has 1 heterocycles. The Bertz CT molecular complexity index is 824. The molecule has 3 aromatic rings. The second-order valence-electron chi connectivity index (χ2n) is 5.90. The van der Waals surface area contributed by atoms with Gasteiger partial charge in [0, 0.05) is 30.7 Å². The predicted molar refractivity (Wildman–Crippen MR) is 93.4 cm³/mol. The molecule has 3 rings (SSSR count). The average molecular weight is 304 g/mol. The summed E-state index contributed by atoms with van der Waals surface area (Å²) in [7, 11) is 0. The Kier molecular flexibility index (Phi) is 4.49. The predicted octanol–water partition coefficient (Wildman–Crippen LogP) is 3.40. The lowest BCUT2D eigenvalue weighted by molar-refractivity contribution is -0.119. The van der Waals surface area contributed by atoms with Crippen molar-refractivity contribution in [3.63, 3.8) is 0 Å². The van der Waals surface area contributed by atoms with Gasteiger partial charge < -0.3 is 5.73 Å². The fraction of sp³-hybridized carbons (Fsp3) is 0.200. The topological polar surface area (TPSA) is 56.0 Å². The Morgan fingerprint density at radius 3 is 2.61 bits per heavy atom. The van der Waals surface area contributed by atoms with Gasteiger partial charge in [-0.1, -0.05) is 48.0 Å². The summed E-state index contributed by atoms with van der Waals surface area (Å²) in [6.45, 7) is 2.37. The van der Waals surface area contributed by atoms with Crippen molar-refractivity contribution < 1.29 is 4.79 Å². The van der Waals surface area contributed by atoms with Crippen LogP contribution in [0.5, 0.6) is 0 Å². The molecule has 0 saturated carbocycles. The number of Topliss-reactive ketones (excluding diaryl/α,β-unsaturated/α-hetero) is 1. The van der Waals surface area contributed by atoms with Gasteiger partial charge in [-0.3, -0.25) is 9.78 Å². The highest BCUT2D eigenvalue weighted by Gasteiger charge is 2.19. The van der Waals surface area contributed by atoms with Crippen LogP contribution < -0.4 is 5.73 Å². The first kappa shape index (κ1) is 15.4. The number of hydrogen-bond donors (Lipinski definition) is 1. The largest absolute Gasteiger partial charge is 0.329 e. The third kappa shape index (κ3) is 3.46. The van der Waals surface area contributed by atoms with Gasteiger partial charge in [0.15, 0.2) is 0 Å². The molecule has 0 aliphatic heterocycles. The number of nitrogens with two attached hydrogens (primary N) is 1. The summed E-state index contributed by atoms with van der Waals surface area (Å²) in [5.41, 5.74) is 9.05. The first-order valence-corrected chi connectivity index (χ1v) is 7.79. The minimum absolute atomic E-state index is 0.157. The molecule has 116 valence electrons. The average Bonchev–Trinajstić information content (AvgIpc) is 2.57. The van der Waals surface area contributed by atoms with Crippen molar-refractivity contribution in [2.24, 2.45) is 5.73 Å². The van der Waals surface area contributed by atoms with Crippen LogP contribution in [0.25, 0.3) is 10.8 Å². The Morgan fingerprint density at radius 2 is 1.87 bits per heavy atom. The van der Waals surface area contributed by atoms with Crippen LogP contribution in [0.15, 0.2) is 60.9 Å². The van der Waals surface area contributed by atoms with Gasteiger partial charge in [0.2, 0.25) is 0 Å². The van der Waals surface area contributed by atoms with Gasteiger partial charge in [0.1, 0.15) is 5.78 Å². The summed E-state index contributed by atoms with van der Waals surface area (Å²) < 4.78 is 0. The Hall–Kier alpha value is -2.52. The molecule has 23 heavy (non-hydrogen) atoms. The molecule has 0 radical (unpaired) electrons. The van der Waals surface area contributed by atoms with E-state index in [9.17, 15) is 4.79 Å². The van der Waals surface area contributed by atoms with Crippen molar-refractivity contribution >= 4 is 16.6 Å². The van der Waals surface area contributed by atoms with E-state index in [0.717, 1.165) is 21.9 Å². The molecule has 1 atom stereocenters. The highest BCUT2D eigenvalue weighted by Crippen LogP contribution is 2.20. The van der Waals surface area contributed by atoms with Crippen LogP contribution in [0.2, 0.25) is 0 Å². The van der Waals surface area contributed by atoms with E-state index in [-0.39, 0.29) is 11.7 Å². The molecule has 0 fully saturated rings. The second kappa shape index (κ2) is 6.71. The molecule has 0 saturated heterocycles. The minimum atomic E-state index is -0.247. The molecule has 0 bridgehead atoms. The summed E-state index contributed by atoms with van der Waals surface area (Å²) in [5.74, 6) is -0.0894. The fourth-order valence-corrected chi connectivity index (χ4v) is 2.82.